The molecule has 19 heavy (non-hydrogen) atoms. The normalized spacial score (nSPS) is 31.4. The van der Waals surface area contributed by atoms with Crippen molar-refractivity contribution in [2.24, 2.45) is 5.92 Å². The van der Waals surface area contributed by atoms with Gasteiger partial charge in [0, 0.05) is 42.5 Å². The van der Waals surface area contributed by atoms with Gasteiger partial charge in [-0.25, -0.2) is 0 Å². The minimum absolute atomic E-state index is 0.157. The highest BCUT2D eigenvalue weighted by Crippen LogP contribution is 2.35. The average molecular weight is 266 g/mol. The second-order valence-electron chi connectivity index (χ2n) is 8.16. The van der Waals surface area contributed by atoms with E-state index in [2.05, 4.69) is 51.3 Å². The highest BCUT2D eigenvalue weighted by Gasteiger charge is 2.45. The Labute approximate surface area is 118 Å². The van der Waals surface area contributed by atoms with Gasteiger partial charge in [-0.05, 0) is 54.5 Å². The van der Waals surface area contributed by atoms with Crippen molar-refractivity contribution in [2.75, 3.05) is 19.6 Å². The summed E-state index contributed by atoms with van der Waals surface area (Å²) in [7, 11) is 0. The Morgan fingerprint density at radius 2 is 1.63 bits per heavy atom. The van der Waals surface area contributed by atoms with Gasteiger partial charge in [-0.2, -0.15) is 0 Å². The molecule has 2 aliphatic rings. The monoisotopic (exact) mass is 266 g/mol. The number of fused-ring (bicyclic) bond motifs is 1. The zero-order valence-corrected chi connectivity index (χ0v) is 13.5. The van der Waals surface area contributed by atoms with Gasteiger partial charge in [0.25, 0.3) is 0 Å². The maximum Gasteiger partial charge on any atom is 0.138 e. The van der Waals surface area contributed by atoms with Crippen molar-refractivity contribution in [1.82, 2.24) is 9.80 Å². The number of hydrogen-bond acceptors (Lipinski definition) is 3. The fourth-order valence-corrected chi connectivity index (χ4v) is 3.65. The van der Waals surface area contributed by atoms with E-state index in [1.54, 1.807) is 0 Å². The molecule has 0 saturated carbocycles. The molecule has 0 aromatic heterocycles. The highest BCUT2D eigenvalue weighted by atomic mass is 16.1. The Balaban J connectivity index is 2.21. The molecular weight excluding hydrogens is 236 g/mol. The van der Waals surface area contributed by atoms with E-state index in [9.17, 15) is 4.79 Å². The van der Waals surface area contributed by atoms with Gasteiger partial charge in [0.05, 0.1) is 0 Å². The molecule has 2 atom stereocenters. The maximum absolute atomic E-state index is 12.2. The van der Waals surface area contributed by atoms with Crippen molar-refractivity contribution in [3.8, 4) is 0 Å². The number of likely N-dealkylation sites (tertiary alicyclic amines) is 2. The molecule has 3 nitrogen and oxygen atoms in total. The van der Waals surface area contributed by atoms with Crippen LogP contribution in [0.5, 0.6) is 0 Å². The Hall–Kier alpha value is -0.410. The van der Waals surface area contributed by atoms with E-state index in [0.717, 1.165) is 32.5 Å². The third-order valence-corrected chi connectivity index (χ3v) is 4.81. The van der Waals surface area contributed by atoms with Gasteiger partial charge in [-0.3, -0.25) is 14.6 Å². The van der Waals surface area contributed by atoms with E-state index in [0.29, 0.717) is 11.8 Å². The van der Waals surface area contributed by atoms with Crippen LogP contribution in [0.2, 0.25) is 0 Å². The Morgan fingerprint density at radius 1 is 1.00 bits per heavy atom. The summed E-state index contributed by atoms with van der Waals surface area (Å²) in [4.78, 5) is 17.3. The van der Waals surface area contributed by atoms with Crippen LogP contribution in [0.25, 0.3) is 0 Å². The van der Waals surface area contributed by atoms with Crippen molar-refractivity contribution in [3.63, 3.8) is 0 Å². The fourth-order valence-electron chi connectivity index (χ4n) is 3.65. The lowest BCUT2D eigenvalue weighted by Crippen LogP contribution is -2.64. The second kappa shape index (κ2) is 4.85. The smallest absolute Gasteiger partial charge is 0.138 e. The number of hydrogen-bond donors (Lipinski definition) is 0. The summed E-state index contributed by atoms with van der Waals surface area (Å²) in [5, 5.41) is 0. The van der Waals surface area contributed by atoms with Crippen LogP contribution in [0.1, 0.15) is 54.4 Å². The van der Waals surface area contributed by atoms with Gasteiger partial charge < -0.3 is 0 Å². The summed E-state index contributed by atoms with van der Waals surface area (Å²) in [6, 6.07) is 0.411. The molecule has 2 saturated heterocycles. The lowest BCUT2D eigenvalue weighted by Gasteiger charge is -2.53. The fraction of sp³-hybridized carbons (Fsp3) is 0.938. The van der Waals surface area contributed by atoms with E-state index < -0.39 is 0 Å². The van der Waals surface area contributed by atoms with Crippen LogP contribution in [-0.4, -0.2) is 52.3 Å². The topological polar surface area (TPSA) is 23.6 Å². The van der Waals surface area contributed by atoms with Gasteiger partial charge in [-0.15, -0.1) is 0 Å². The molecule has 2 fully saturated rings. The summed E-state index contributed by atoms with van der Waals surface area (Å²) < 4.78 is 0. The van der Waals surface area contributed by atoms with Crippen molar-refractivity contribution >= 4 is 5.78 Å². The zero-order chi connectivity index (χ0) is 14.4. The summed E-state index contributed by atoms with van der Waals surface area (Å²) in [5.41, 5.74) is 0.361. The van der Waals surface area contributed by atoms with E-state index >= 15 is 0 Å². The van der Waals surface area contributed by atoms with Crippen LogP contribution in [0.3, 0.4) is 0 Å². The molecule has 0 aliphatic carbocycles. The molecule has 2 unspecified atom stereocenters. The van der Waals surface area contributed by atoms with Crippen LogP contribution in [0.15, 0.2) is 0 Å². The lowest BCUT2D eigenvalue weighted by atomic mass is 9.79. The van der Waals surface area contributed by atoms with Gasteiger partial charge in [0.2, 0.25) is 0 Å². The standard InChI is InChI=1S/C16H30N2O/c1-15(2,3)17-9-7-12-13(11-17)18(16(4,5)6)10-8-14(12)19/h12-13H,7-11H2,1-6H3. The van der Waals surface area contributed by atoms with Crippen LogP contribution < -0.4 is 0 Å². The van der Waals surface area contributed by atoms with Crippen molar-refractivity contribution < 1.29 is 4.79 Å². The molecule has 110 valence electrons. The molecule has 0 spiro atoms. The molecule has 3 heteroatoms. The molecule has 0 amide bonds. The molecule has 0 bridgehead atoms. The Bertz CT molecular complexity index is 351. The average Bonchev–Trinajstić information content (AvgIpc) is 2.26. The third-order valence-electron chi connectivity index (χ3n) is 4.81. The lowest BCUT2D eigenvalue weighted by molar-refractivity contribution is -0.137. The molecule has 2 aliphatic heterocycles. The molecule has 0 N–H and O–H groups in total. The van der Waals surface area contributed by atoms with Crippen LogP contribution in [0, 0.1) is 5.92 Å². The Morgan fingerprint density at radius 3 is 2.16 bits per heavy atom. The predicted molar refractivity (Wildman–Crippen MR) is 79.3 cm³/mol. The first kappa shape index (κ1) is 15.0. The number of carbonyl (C=O) groups excluding carboxylic acids is 1. The number of rotatable bonds is 0. The summed E-state index contributed by atoms with van der Waals surface area (Å²) in [5.74, 6) is 0.769. The van der Waals surface area contributed by atoms with Crippen molar-refractivity contribution in [1.29, 1.82) is 0 Å². The van der Waals surface area contributed by atoms with Crippen molar-refractivity contribution in [2.45, 2.75) is 71.5 Å². The largest absolute Gasteiger partial charge is 0.299 e. The predicted octanol–water partition coefficient (Wildman–Crippen LogP) is 2.55. The summed E-state index contributed by atoms with van der Waals surface area (Å²) in [6.07, 6.45) is 1.78. The summed E-state index contributed by atoms with van der Waals surface area (Å²) >= 11 is 0. The number of ketones is 1. The highest BCUT2D eigenvalue weighted by molar-refractivity contribution is 5.83. The zero-order valence-electron chi connectivity index (χ0n) is 13.5. The van der Waals surface area contributed by atoms with Gasteiger partial charge in [-0.1, -0.05) is 0 Å². The first-order chi connectivity index (χ1) is 8.60. The molecule has 0 radical (unpaired) electrons. The van der Waals surface area contributed by atoms with Gasteiger partial charge in [0.15, 0.2) is 0 Å². The van der Waals surface area contributed by atoms with Gasteiger partial charge in [0.1, 0.15) is 5.78 Å². The second-order valence-corrected chi connectivity index (χ2v) is 8.16. The Kier molecular flexibility index (Phi) is 3.83. The van der Waals surface area contributed by atoms with Crippen molar-refractivity contribution in [3.05, 3.63) is 0 Å². The number of Topliss-reactive ketones (excluding diaryl/α,β-unsaturated/α-hetero) is 1. The molecule has 0 aromatic carbocycles. The molecule has 0 aromatic rings. The maximum atomic E-state index is 12.2. The summed E-state index contributed by atoms with van der Waals surface area (Å²) in [6.45, 7) is 16.7. The molecular formula is C16H30N2O. The first-order valence-electron chi connectivity index (χ1n) is 7.65. The van der Waals surface area contributed by atoms with E-state index in [-0.39, 0.29) is 17.0 Å². The number of nitrogens with zero attached hydrogens (tertiary/aromatic N) is 2. The van der Waals surface area contributed by atoms with E-state index in [4.69, 9.17) is 0 Å². The van der Waals surface area contributed by atoms with Gasteiger partial charge >= 0.3 is 0 Å². The number of piperidine rings is 2. The van der Waals surface area contributed by atoms with Crippen LogP contribution in [-0.2, 0) is 4.79 Å². The van der Waals surface area contributed by atoms with Crippen LogP contribution >= 0.6 is 0 Å². The minimum Gasteiger partial charge on any atom is -0.299 e. The molecule has 2 heterocycles. The number of carbonyl (C=O) groups is 1. The first-order valence-corrected chi connectivity index (χ1v) is 7.65. The van der Waals surface area contributed by atoms with E-state index in [1.165, 1.54) is 0 Å². The molecule has 2 rings (SSSR count). The third kappa shape index (κ3) is 3.03. The quantitative estimate of drug-likeness (QED) is 0.673. The van der Waals surface area contributed by atoms with Crippen LogP contribution in [0.4, 0.5) is 0 Å². The van der Waals surface area contributed by atoms with E-state index in [1.807, 2.05) is 0 Å². The SMILES string of the molecule is CC(C)(C)N1CCC2C(=O)CCN(C(C)(C)C)C2C1. The minimum atomic E-state index is 0.157.